The van der Waals surface area contributed by atoms with Crippen LogP contribution in [0.2, 0.25) is 0 Å². The fraction of sp³-hybridized carbons (Fsp3) is 0.357. The molecule has 0 N–H and O–H groups in total. The molecule has 1 amide bonds. The predicted octanol–water partition coefficient (Wildman–Crippen LogP) is 3.53. The van der Waals surface area contributed by atoms with Gasteiger partial charge in [0.05, 0.1) is 4.88 Å². The molecule has 1 aliphatic heterocycles. The first kappa shape index (κ1) is 10.8. The van der Waals surface area contributed by atoms with Gasteiger partial charge in [0.2, 0.25) is 0 Å². The molecule has 1 aromatic heterocycles. The summed E-state index contributed by atoms with van der Waals surface area (Å²) >= 11 is 1.61. The van der Waals surface area contributed by atoms with Gasteiger partial charge in [0.25, 0.3) is 5.91 Å². The third-order valence-corrected chi connectivity index (χ3v) is 4.38. The molecular formula is C14H15NOS. The Bertz CT molecular complexity index is 507. The van der Waals surface area contributed by atoms with Crippen molar-refractivity contribution >= 4 is 27.3 Å². The van der Waals surface area contributed by atoms with E-state index < -0.39 is 0 Å². The van der Waals surface area contributed by atoms with Crippen LogP contribution < -0.4 is 0 Å². The SMILES string of the molecule is O=C(c1cc2ccccc2s1)N1CCCCC1. The first-order valence-corrected chi connectivity index (χ1v) is 6.94. The van der Waals surface area contributed by atoms with Crippen LogP contribution in [-0.4, -0.2) is 23.9 Å². The van der Waals surface area contributed by atoms with Crippen LogP contribution in [0.1, 0.15) is 28.9 Å². The molecule has 0 unspecified atom stereocenters. The van der Waals surface area contributed by atoms with Gasteiger partial charge in [-0.05, 0) is 36.8 Å². The van der Waals surface area contributed by atoms with Gasteiger partial charge in [-0.3, -0.25) is 4.79 Å². The zero-order valence-electron chi connectivity index (χ0n) is 9.69. The van der Waals surface area contributed by atoms with Crippen molar-refractivity contribution in [2.75, 3.05) is 13.1 Å². The molecule has 0 aliphatic carbocycles. The highest BCUT2D eigenvalue weighted by molar-refractivity contribution is 7.20. The predicted molar refractivity (Wildman–Crippen MR) is 71.6 cm³/mol. The molecule has 2 heterocycles. The molecule has 3 heteroatoms. The number of likely N-dealkylation sites (tertiary alicyclic amines) is 1. The summed E-state index contributed by atoms with van der Waals surface area (Å²) in [5.41, 5.74) is 0. The molecule has 1 aromatic carbocycles. The highest BCUT2D eigenvalue weighted by Gasteiger charge is 2.19. The van der Waals surface area contributed by atoms with Crippen LogP contribution in [0.3, 0.4) is 0 Å². The van der Waals surface area contributed by atoms with E-state index in [0.717, 1.165) is 30.8 Å². The topological polar surface area (TPSA) is 20.3 Å². The van der Waals surface area contributed by atoms with Crippen LogP contribution in [0, 0.1) is 0 Å². The van der Waals surface area contributed by atoms with Gasteiger partial charge in [-0.15, -0.1) is 11.3 Å². The number of benzene rings is 1. The van der Waals surface area contributed by atoms with Crippen LogP contribution in [0.25, 0.3) is 10.1 Å². The molecule has 0 spiro atoms. The monoisotopic (exact) mass is 245 g/mol. The summed E-state index contributed by atoms with van der Waals surface area (Å²) in [6.45, 7) is 1.85. The molecule has 3 rings (SSSR count). The molecule has 0 bridgehead atoms. The average Bonchev–Trinajstić information content (AvgIpc) is 2.82. The lowest BCUT2D eigenvalue weighted by Crippen LogP contribution is -2.35. The minimum atomic E-state index is 0.214. The number of carbonyl (C=O) groups excluding carboxylic acids is 1. The largest absolute Gasteiger partial charge is 0.338 e. The van der Waals surface area contributed by atoms with Crippen LogP contribution in [-0.2, 0) is 0 Å². The van der Waals surface area contributed by atoms with E-state index in [0.29, 0.717) is 0 Å². The van der Waals surface area contributed by atoms with Crippen molar-refractivity contribution in [1.82, 2.24) is 4.90 Å². The van der Waals surface area contributed by atoms with Gasteiger partial charge in [0.1, 0.15) is 0 Å². The van der Waals surface area contributed by atoms with Crippen molar-refractivity contribution < 1.29 is 4.79 Å². The highest BCUT2D eigenvalue weighted by Crippen LogP contribution is 2.27. The van der Waals surface area contributed by atoms with Gasteiger partial charge in [-0.25, -0.2) is 0 Å². The van der Waals surface area contributed by atoms with Gasteiger partial charge >= 0.3 is 0 Å². The number of thiophene rings is 1. The summed E-state index contributed by atoms with van der Waals surface area (Å²) in [5, 5.41) is 1.18. The molecule has 0 saturated carbocycles. The van der Waals surface area contributed by atoms with E-state index in [1.807, 2.05) is 23.1 Å². The maximum atomic E-state index is 12.3. The van der Waals surface area contributed by atoms with Crippen LogP contribution in [0.4, 0.5) is 0 Å². The summed E-state index contributed by atoms with van der Waals surface area (Å²) < 4.78 is 1.20. The maximum absolute atomic E-state index is 12.3. The Balaban J connectivity index is 1.89. The Morgan fingerprint density at radius 3 is 2.65 bits per heavy atom. The van der Waals surface area contributed by atoms with E-state index in [1.54, 1.807) is 11.3 Å². The van der Waals surface area contributed by atoms with Crippen molar-refractivity contribution in [3.05, 3.63) is 35.2 Å². The molecule has 2 aromatic rings. The Kier molecular flexibility index (Phi) is 2.85. The van der Waals surface area contributed by atoms with E-state index in [1.165, 1.54) is 16.5 Å². The second kappa shape index (κ2) is 4.49. The lowest BCUT2D eigenvalue weighted by Gasteiger charge is -2.26. The fourth-order valence-electron chi connectivity index (χ4n) is 2.34. The third-order valence-electron chi connectivity index (χ3n) is 3.28. The average molecular weight is 245 g/mol. The van der Waals surface area contributed by atoms with Gasteiger partial charge in [0, 0.05) is 17.8 Å². The second-order valence-electron chi connectivity index (χ2n) is 4.50. The summed E-state index contributed by atoms with van der Waals surface area (Å²) in [5.74, 6) is 0.214. The Labute approximate surface area is 105 Å². The number of fused-ring (bicyclic) bond motifs is 1. The minimum Gasteiger partial charge on any atom is -0.338 e. The molecule has 1 aliphatic rings. The Morgan fingerprint density at radius 1 is 1.12 bits per heavy atom. The van der Waals surface area contributed by atoms with E-state index in [-0.39, 0.29) is 5.91 Å². The molecule has 1 saturated heterocycles. The van der Waals surface area contributed by atoms with Crippen molar-refractivity contribution in [3.8, 4) is 0 Å². The summed E-state index contributed by atoms with van der Waals surface area (Å²) in [4.78, 5) is 15.2. The Hall–Kier alpha value is -1.35. The van der Waals surface area contributed by atoms with E-state index in [9.17, 15) is 4.79 Å². The van der Waals surface area contributed by atoms with E-state index >= 15 is 0 Å². The lowest BCUT2D eigenvalue weighted by atomic mass is 10.1. The molecule has 1 fully saturated rings. The smallest absolute Gasteiger partial charge is 0.263 e. The molecule has 17 heavy (non-hydrogen) atoms. The zero-order chi connectivity index (χ0) is 11.7. The van der Waals surface area contributed by atoms with Gasteiger partial charge in [-0.1, -0.05) is 18.2 Å². The number of nitrogens with zero attached hydrogens (tertiary/aromatic N) is 1. The van der Waals surface area contributed by atoms with Crippen molar-refractivity contribution in [3.63, 3.8) is 0 Å². The minimum absolute atomic E-state index is 0.214. The van der Waals surface area contributed by atoms with Crippen LogP contribution >= 0.6 is 11.3 Å². The number of piperidine rings is 1. The summed E-state index contributed by atoms with van der Waals surface area (Å²) in [6.07, 6.45) is 3.56. The van der Waals surface area contributed by atoms with Crippen molar-refractivity contribution in [1.29, 1.82) is 0 Å². The Morgan fingerprint density at radius 2 is 1.88 bits per heavy atom. The lowest BCUT2D eigenvalue weighted by molar-refractivity contribution is 0.0729. The number of rotatable bonds is 1. The van der Waals surface area contributed by atoms with Crippen LogP contribution in [0.15, 0.2) is 30.3 Å². The van der Waals surface area contributed by atoms with Gasteiger partial charge in [0.15, 0.2) is 0 Å². The molecule has 0 radical (unpaired) electrons. The first-order chi connectivity index (χ1) is 8.34. The normalized spacial score (nSPS) is 16.4. The quantitative estimate of drug-likeness (QED) is 0.752. The van der Waals surface area contributed by atoms with Gasteiger partial charge in [-0.2, -0.15) is 0 Å². The number of carbonyl (C=O) groups is 1. The standard InChI is InChI=1S/C14H15NOS/c16-14(15-8-4-1-5-9-15)13-10-11-6-2-3-7-12(11)17-13/h2-3,6-7,10H,1,4-5,8-9H2. The highest BCUT2D eigenvalue weighted by atomic mass is 32.1. The van der Waals surface area contributed by atoms with E-state index in [4.69, 9.17) is 0 Å². The molecule has 0 atom stereocenters. The summed E-state index contributed by atoms with van der Waals surface area (Å²) in [7, 11) is 0. The van der Waals surface area contributed by atoms with E-state index in [2.05, 4.69) is 12.1 Å². The number of hydrogen-bond acceptors (Lipinski definition) is 2. The van der Waals surface area contributed by atoms with Crippen molar-refractivity contribution in [2.24, 2.45) is 0 Å². The molecule has 2 nitrogen and oxygen atoms in total. The van der Waals surface area contributed by atoms with Crippen LogP contribution in [0.5, 0.6) is 0 Å². The zero-order valence-corrected chi connectivity index (χ0v) is 10.5. The number of amides is 1. The maximum Gasteiger partial charge on any atom is 0.263 e. The van der Waals surface area contributed by atoms with Gasteiger partial charge < -0.3 is 4.90 Å². The number of hydrogen-bond donors (Lipinski definition) is 0. The van der Waals surface area contributed by atoms with Crippen molar-refractivity contribution in [2.45, 2.75) is 19.3 Å². The summed E-state index contributed by atoms with van der Waals surface area (Å²) in [6, 6.07) is 10.2. The third kappa shape index (κ3) is 2.07. The second-order valence-corrected chi connectivity index (χ2v) is 5.59. The first-order valence-electron chi connectivity index (χ1n) is 6.12. The molecule has 88 valence electrons. The molecular weight excluding hydrogens is 230 g/mol. The fourth-order valence-corrected chi connectivity index (χ4v) is 3.37.